The van der Waals surface area contributed by atoms with Gasteiger partial charge >= 0.3 is 0 Å². The number of hydrogen-bond acceptors (Lipinski definition) is 4. The second-order valence-corrected chi connectivity index (χ2v) is 6.86. The second kappa shape index (κ2) is 8.05. The van der Waals surface area contributed by atoms with Crippen LogP contribution < -0.4 is 10.2 Å². The van der Waals surface area contributed by atoms with Gasteiger partial charge in [-0.3, -0.25) is 9.63 Å². The third-order valence-electron chi connectivity index (χ3n) is 3.35. The van der Waals surface area contributed by atoms with Crippen molar-refractivity contribution in [3.05, 3.63) is 65.7 Å². The fraction of sp³-hybridized carbons (Fsp3) is 0.235. The average Bonchev–Trinajstić information content (AvgIpc) is 2.60. The molecule has 0 aliphatic heterocycles. The molecule has 0 fully saturated rings. The molecule has 6 nitrogen and oxygen atoms in total. The lowest BCUT2D eigenvalue weighted by Crippen LogP contribution is -2.28. The first-order valence-corrected chi connectivity index (χ1v) is 9.02. The molecule has 0 bridgehead atoms. The van der Waals surface area contributed by atoms with Crippen LogP contribution in [0.25, 0.3) is 0 Å². The Balaban J connectivity index is 2.19. The highest BCUT2D eigenvalue weighted by Gasteiger charge is 2.19. The van der Waals surface area contributed by atoms with Crippen LogP contribution >= 0.6 is 0 Å². The van der Waals surface area contributed by atoms with E-state index in [2.05, 4.69) is 10.2 Å². The molecule has 0 spiro atoms. The molecule has 1 atom stereocenters. The zero-order chi connectivity index (χ0) is 17.6. The van der Waals surface area contributed by atoms with Crippen LogP contribution in [0.1, 0.15) is 35.8 Å². The van der Waals surface area contributed by atoms with Crippen LogP contribution in [-0.2, 0) is 14.9 Å². The van der Waals surface area contributed by atoms with E-state index >= 15 is 0 Å². The van der Waals surface area contributed by atoms with E-state index in [1.807, 2.05) is 30.3 Å². The minimum atomic E-state index is -3.76. The number of amides is 1. The summed E-state index contributed by atoms with van der Waals surface area (Å²) in [5.74, 6) is -0.495. The van der Waals surface area contributed by atoms with Gasteiger partial charge in [0.25, 0.3) is 5.91 Å². The van der Waals surface area contributed by atoms with E-state index in [-0.39, 0.29) is 10.5 Å². The summed E-state index contributed by atoms with van der Waals surface area (Å²) in [4.78, 5) is 16.7. The highest BCUT2D eigenvalue weighted by Crippen LogP contribution is 2.17. The topological polar surface area (TPSA) is 84.5 Å². The molecule has 2 rings (SSSR count). The molecule has 0 aromatic heterocycles. The van der Waals surface area contributed by atoms with E-state index in [9.17, 15) is 13.2 Å². The molecule has 128 valence electrons. The van der Waals surface area contributed by atoms with Crippen LogP contribution in [0.4, 0.5) is 0 Å². The molecule has 2 aromatic rings. The molecule has 0 aliphatic rings. The summed E-state index contributed by atoms with van der Waals surface area (Å²) in [6, 6.07) is 14.7. The van der Waals surface area contributed by atoms with Crippen LogP contribution in [0.5, 0.6) is 0 Å². The Morgan fingerprint density at radius 1 is 1.12 bits per heavy atom. The predicted molar refractivity (Wildman–Crippen MR) is 90.7 cm³/mol. The Bertz CT molecular complexity index is 791. The summed E-state index contributed by atoms with van der Waals surface area (Å²) < 4.78 is 27.7. The Hall–Kier alpha value is -2.22. The molecule has 0 aliphatic carbocycles. The lowest BCUT2D eigenvalue weighted by atomic mass is 10.1. The van der Waals surface area contributed by atoms with Gasteiger partial charge in [-0.15, -0.1) is 0 Å². The minimum Gasteiger partial charge on any atom is -0.274 e. The van der Waals surface area contributed by atoms with Crippen molar-refractivity contribution >= 4 is 15.9 Å². The molecule has 24 heavy (non-hydrogen) atoms. The number of carbonyl (C=O) groups excluding carboxylic acids is 1. The van der Waals surface area contributed by atoms with Gasteiger partial charge in [0.05, 0.1) is 11.5 Å². The monoisotopic (exact) mass is 348 g/mol. The lowest BCUT2D eigenvalue weighted by Gasteiger charge is -2.15. The van der Waals surface area contributed by atoms with E-state index in [0.29, 0.717) is 6.61 Å². The van der Waals surface area contributed by atoms with Crippen LogP contribution in [0.15, 0.2) is 59.5 Å². The van der Waals surface area contributed by atoms with Crippen molar-refractivity contribution in [3.8, 4) is 0 Å². The van der Waals surface area contributed by atoms with Crippen molar-refractivity contribution in [2.75, 3.05) is 6.61 Å². The maximum Gasteiger partial charge on any atom is 0.274 e. The van der Waals surface area contributed by atoms with Gasteiger partial charge in [0.2, 0.25) is 10.0 Å². The van der Waals surface area contributed by atoms with Crippen LogP contribution in [0.2, 0.25) is 0 Å². The maximum absolute atomic E-state index is 12.5. The maximum atomic E-state index is 12.5. The summed E-state index contributed by atoms with van der Waals surface area (Å²) in [5.41, 5.74) is 3.30. The Morgan fingerprint density at radius 3 is 2.50 bits per heavy atom. The fourth-order valence-electron chi connectivity index (χ4n) is 2.11. The Labute approximate surface area is 141 Å². The van der Waals surface area contributed by atoms with Gasteiger partial charge in [-0.2, -0.15) is 0 Å². The minimum absolute atomic E-state index is 0.0226. The number of sulfonamides is 1. The third kappa shape index (κ3) is 4.64. The van der Waals surface area contributed by atoms with Crippen molar-refractivity contribution in [3.63, 3.8) is 0 Å². The second-order valence-electron chi connectivity index (χ2n) is 5.15. The molecule has 2 N–H and O–H groups in total. The first kappa shape index (κ1) is 18.1. The first-order valence-electron chi connectivity index (χ1n) is 7.53. The molecule has 1 unspecified atom stereocenters. The SMILES string of the molecule is CCONC(=O)c1cccc(S(=O)(=O)NC(C)c2ccccc2)c1. The van der Waals surface area contributed by atoms with E-state index < -0.39 is 22.0 Å². The van der Waals surface area contributed by atoms with E-state index in [4.69, 9.17) is 4.84 Å². The normalized spacial score (nSPS) is 12.6. The van der Waals surface area contributed by atoms with Gasteiger partial charge in [0.1, 0.15) is 0 Å². The number of carbonyl (C=O) groups is 1. The summed E-state index contributed by atoms with van der Waals surface area (Å²) >= 11 is 0. The molecule has 2 aromatic carbocycles. The Kier molecular flexibility index (Phi) is 6.08. The van der Waals surface area contributed by atoms with Crippen LogP contribution in [0.3, 0.4) is 0 Å². The highest BCUT2D eigenvalue weighted by atomic mass is 32.2. The van der Waals surface area contributed by atoms with Crippen LogP contribution in [-0.4, -0.2) is 20.9 Å². The largest absolute Gasteiger partial charge is 0.274 e. The zero-order valence-corrected chi connectivity index (χ0v) is 14.3. The molecular formula is C17H20N2O4S. The third-order valence-corrected chi connectivity index (χ3v) is 4.89. The summed E-state index contributed by atoms with van der Waals surface area (Å²) in [7, 11) is -3.76. The number of benzene rings is 2. The van der Waals surface area contributed by atoms with Gasteiger partial charge in [-0.1, -0.05) is 36.4 Å². The van der Waals surface area contributed by atoms with Crippen molar-refractivity contribution in [1.82, 2.24) is 10.2 Å². The summed E-state index contributed by atoms with van der Waals surface area (Å²) in [6.45, 7) is 3.81. The number of hydroxylamine groups is 1. The van der Waals surface area contributed by atoms with E-state index in [1.54, 1.807) is 13.8 Å². The molecule has 0 saturated heterocycles. The fourth-order valence-corrected chi connectivity index (χ4v) is 3.39. The lowest BCUT2D eigenvalue weighted by molar-refractivity contribution is 0.0364. The molecular weight excluding hydrogens is 328 g/mol. The molecule has 0 radical (unpaired) electrons. The first-order chi connectivity index (χ1) is 11.4. The van der Waals surface area contributed by atoms with Gasteiger partial charge in [-0.05, 0) is 37.6 Å². The smallest absolute Gasteiger partial charge is 0.274 e. The Morgan fingerprint density at radius 2 is 1.83 bits per heavy atom. The predicted octanol–water partition coefficient (Wildman–Crippen LogP) is 2.41. The number of nitrogens with one attached hydrogen (secondary N) is 2. The average molecular weight is 348 g/mol. The van der Waals surface area contributed by atoms with E-state index in [0.717, 1.165) is 5.56 Å². The standard InChI is InChI=1S/C17H20N2O4S/c1-3-23-18-17(20)15-10-7-11-16(12-15)24(21,22)19-13(2)14-8-5-4-6-9-14/h4-13,19H,3H2,1-2H3,(H,18,20). The van der Waals surface area contributed by atoms with Gasteiger partial charge in [0.15, 0.2) is 0 Å². The van der Waals surface area contributed by atoms with Gasteiger partial charge in [0, 0.05) is 11.6 Å². The molecule has 1 amide bonds. The van der Waals surface area contributed by atoms with Gasteiger partial charge in [-0.25, -0.2) is 18.6 Å². The summed E-state index contributed by atoms with van der Waals surface area (Å²) in [6.07, 6.45) is 0. The van der Waals surface area contributed by atoms with Crippen molar-refractivity contribution in [1.29, 1.82) is 0 Å². The van der Waals surface area contributed by atoms with Crippen LogP contribution in [0, 0.1) is 0 Å². The van der Waals surface area contributed by atoms with Crippen molar-refractivity contribution in [2.24, 2.45) is 0 Å². The number of hydrogen-bond donors (Lipinski definition) is 2. The molecule has 7 heteroatoms. The molecule has 0 saturated carbocycles. The zero-order valence-electron chi connectivity index (χ0n) is 13.5. The van der Waals surface area contributed by atoms with Crippen molar-refractivity contribution in [2.45, 2.75) is 24.8 Å². The van der Waals surface area contributed by atoms with Gasteiger partial charge < -0.3 is 0 Å². The summed E-state index contributed by atoms with van der Waals surface area (Å²) in [5, 5.41) is 0. The quantitative estimate of drug-likeness (QED) is 0.753. The van der Waals surface area contributed by atoms with Crippen molar-refractivity contribution < 1.29 is 18.0 Å². The number of rotatable bonds is 7. The highest BCUT2D eigenvalue weighted by molar-refractivity contribution is 7.89. The van der Waals surface area contributed by atoms with E-state index in [1.165, 1.54) is 24.3 Å². The molecule has 0 heterocycles.